The van der Waals surface area contributed by atoms with Crippen LogP contribution < -0.4 is 15.4 Å². The molecule has 7 heteroatoms. The first-order chi connectivity index (χ1) is 12.4. The summed E-state index contributed by atoms with van der Waals surface area (Å²) in [7, 11) is 3.74. The SMILES string of the molecule is CN=C(NCCOc1cccc(Cl)c1)NC(C)Cc1c(C)nn(C)c1C. The molecule has 0 radical (unpaired) electrons. The Bertz CT molecular complexity index is 756. The predicted molar refractivity (Wildman–Crippen MR) is 107 cm³/mol. The van der Waals surface area contributed by atoms with Gasteiger partial charge in [0.15, 0.2) is 5.96 Å². The zero-order chi connectivity index (χ0) is 19.1. The summed E-state index contributed by atoms with van der Waals surface area (Å²) < 4.78 is 7.60. The van der Waals surface area contributed by atoms with Gasteiger partial charge in [0, 0.05) is 30.9 Å². The van der Waals surface area contributed by atoms with E-state index in [1.54, 1.807) is 13.1 Å². The molecule has 0 spiro atoms. The Balaban J connectivity index is 1.78. The number of rotatable bonds is 7. The van der Waals surface area contributed by atoms with E-state index in [1.807, 2.05) is 29.9 Å². The number of benzene rings is 1. The number of aliphatic imine (C=N–C) groups is 1. The molecule has 2 aromatic rings. The summed E-state index contributed by atoms with van der Waals surface area (Å²) in [6.07, 6.45) is 0.894. The average Bonchev–Trinajstić information content (AvgIpc) is 2.84. The minimum atomic E-state index is 0.233. The van der Waals surface area contributed by atoms with Crippen molar-refractivity contribution in [2.75, 3.05) is 20.2 Å². The van der Waals surface area contributed by atoms with Crippen molar-refractivity contribution in [1.82, 2.24) is 20.4 Å². The molecule has 6 nitrogen and oxygen atoms in total. The van der Waals surface area contributed by atoms with E-state index in [1.165, 1.54) is 11.3 Å². The highest BCUT2D eigenvalue weighted by atomic mass is 35.5. The molecule has 0 saturated heterocycles. The zero-order valence-electron chi connectivity index (χ0n) is 16.1. The van der Waals surface area contributed by atoms with Crippen molar-refractivity contribution in [3.8, 4) is 5.75 Å². The van der Waals surface area contributed by atoms with Gasteiger partial charge in [-0.15, -0.1) is 0 Å². The van der Waals surface area contributed by atoms with Crippen LogP contribution in [0.2, 0.25) is 5.02 Å². The number of aromatic nitrogens is 2. The van der Waals surface area contributed by atoms with Gasteiger partial charge in [0.25, 0.3) is 0 Å². The summed E-state index contributed by atoms with van der Waals surface area (Å²) in [5.41, 5.74) is 3.57. The molecule has 1 heterocycles. The molecule has 0 fully saturated rings. The quantitative estimate of drug-likeness (QED) is 0.442. The monoisotopic (exact) mass is 377 g/mol. The average molecular weight is 378 g/mol. The number of aryl methyl sites for hydroxylation is 2. The van der Waals surface area contributed by atoms with Crippen LogP contribution in [0, 0.1) is 13.8 Å². The lowest BCUT2D eigenvalue weighted by atomic mass is 10.1. The lowest BCUT2D eigenvalue weighted by Gasteiger charge is -2.18. The number of nitrogens with zero attached hydrogens (tertiary/aromatic N) is 3. The van der Waals surface area contributed by atoms with E-state index in [-0.39, 0.29) is 6.04 Å². The van der Waals surface area contributed by atoms with Crippen LogP contribution in [0.25, 0.3) is 0 Å². The Kier molecular flexibility index (Phi) is 7.33. The lowest BCUT2D eigenvalue weighted by molar-refractivity contribution is 0.321. The van der Waals surface area contributed by atoms with Gasteiger partial charge in [0.05, 0.1) is 12.2 Å². The second kappa shape index (κ2) is 9.48. The highest BCUT2D eigenvalue weighted by Gasteiger charge is 2.13. The van der Waals surface area contributed by atoms with Crippen LogP contribution in [-0.2, 0) is 13.5 Å². The van der Waals surface area contributed by atoms with Crippen molar-refractivity contribution in [3.63, 3.8) is 0 Å². The van der Waals surface area contributed by atoms with Gasteiger partial charge in [-0.2, -0.15) is 5.10 Å². The fourth-order valence-electron chi connectivity index (χ4n) is 2.79. The minimum absolute atomic E-state index is 0.233. The van der Waals surface area contributed by atoms with Gasteiger partial charge in [-0.1, -0.05) is 17.7 Å². The molecule has 0 saturated carbocycles. The van der Waals surface area contributed by atoms with Crippen LogP contribution in [0.1, 0.15) is 23.9 Å². The normalized spacial score (nSPS) is 12.8. The van der Waals surface area contributed by atoms with Crippen LogP contribution >= 0.6 is 11.6 Å². The van der Waals surface area contributed by atoms with Crippen molar-refractivity contribution in [2.24, 2.45) is 12.0 Å². The Morgan fingerprint density at radius 3 is 2.77 bits per heavy atom. The molecular weight excluding hydrogens is 350 g/mol. The molecule has 0 aliphatic rings. The molecule has 1 unspecified atom stereocenters. The standard InChI is InChI=1S/C19H28ClN5O/c1-13(11-18-14(2)24-25(5)15(18)3)23-19(21-4)22-9-10-26-17-8-6-7-16(20)12-17/h6-8,12-13H,9-11H2,1-5H3,(H2,21,22,23). The maximum Gasteiger partial charge on any atom is 0.191 e. The molecule has 2 rings (SSSR count). The summed E-state index contributed by atoms with van der Waals surface area (Å²) in [5.74, 6) is 1.52. The van der Waals surface area contributed by atoms with E-state index >= 15 is 0 Å². The largest absolute Gasteiger partial charge is 0.492 e. The Morgan fingerprint density at radius 1 is 1.38 bits per heavy atom. The molecule has 0 aliphatic carbocycles. The molecular formula is C19H28ClN5O. The topological polar surface area (TPSA) is 63.5 Å². The molecule has 0 bridgehead atoms. The molecule has 26 heavy (non-hydrogen) atoms. The predicted octanol–water partition coefficient (Wildman–Crippen LogP) is 2.87. The van der Waals surface area contributed by atoms with Gasteiger partial charge in [-0.05, 0) is 51.0 Å². The van der Waals surface area contributed by atoms with Gasteiger partial charge >= 0.3 is 0 Å². The summed E-state index contributed by atoms with van der Waals surface area (Å²) in [6, 6.07) is 7.62. The van der Waals surface area contributed by atoms with Gasteiger partial charge in [-0.25, -0.2) is 0 Å². The van der Waals surface area contributed by atoms with Crippen LogP contribution in [0.5, 0.6) is 5.75 Å². The first kappa shape index (κ1) is 20.1. The number of ether oxygens (including phenoxy) is 1. The van der Waals surface area contributed by atoms with Crippen molar-refractivity contribution in [3.05, 3.63) is 46.2 Å². The highest BCUT2D eigenvalue weighted by Crippen LogP contribution is 2.16. The molecule has 1 aromatic heterocycles. The zero-order valence-corrected chi connectivity index (χ0v) is 16.9. The highest BCUT2D eigenvalue weighted by molar-refractivity contribution is 6.30. The third kappa shape index (κ3) is 5.66. The molecule has 2 N–H and O–H groups in total. The molecule has 142 valence electrons. The molecule has 0 amide bonds. The van der Waals surface area contributed by atoms with E-state index in [2.05, 4.69) is 41.5 Å². The number of hydrogen-bond acceptors (Lipinski definition) is 3. The van der Waals surface area contributed by atoms with Crippen LogP contribution in [0.4, 0.5) is 0 Å². The van der Waals surface area contributed by atoms with E-state index in [0.29, 0.717) is 18.2 Å². The molecule has 0 aliphatic heterocycles. The number of halogens is 1. The van der Waals surface area contributed by atoms with E-state index in [0.717, 1.165) is 23.8 Å². The smallest absolute Gasteiger partial charge is 0.191 e. The molecule has 1 atom stereocenters. The summed E-state index contributed by atoms with van der Waals surface area (Å²) in [6.45, 7) is 7.46. The fraction of sp³-hybridized carbons (Fsp3) is 0.474. The van der Waals surface area contributed by atoms with Gasteiger partial charge < -0.3 is 15.4 Å². The van der Waals surface area contributed by atoms with Gasteiger partial charge in [0.2, 0.25) is 0 Å². The summed E-state index contributed by atoms with van der Waals surface area (Å²) in [4.78, 5) is 4.28. The fourth-order valence-corrected chi connectivity index (χ4v) is 2.97. The Hall–Kier alpha value is -2.21. The van der Waals surface area contributed by atoms with Crippen molar-refractivity contribution < 1.29 is 4.74 Å². The van der Waals surface area contributed by atoms with E-state index < -0.39 is 0 Å². The summed E-state index contributed by atoms with van der Waals surface area (Å²) >= 11 is 5.95. The van der Waals surface area contributed by atoms with E-state index in [4.69, 9.17) is 16.3 Å². The first-order valence-corrected chi connectivity index (χ1v) is 9.13. The van der Waals surface area contributed by atoms with Crippen molar-refractivity contribution in [1.29, 1.82) is 0 Å². The Morgan fingerprint density at radius 2 is 2.15 bits per heavy atom. The van der Waals surface area contributed by atoms with Crippen molar-refractivity contribution >= 4 is 17.6 Å². The maximum atomic E-state index is 5.95. The lowest BCUT2D eigenvalue weighted by Crippen LogP contribution is -2.44. The van der Waals surface area contributed by atoms with Crippen LogP contribution in [0.3, 0.4) is 0 Å². The maximum absolute atomic E-state index is 5.95. The van der Waals surface area contributed by atoms with Crippen LogP contribution in [-0.4, -0.2) is 42.0 Å². The van der Waals surface area contributed by atoms with Gasteiger partial charge in [-0.3, -0.25) is 9.67 Å². The Labute approximate surface area is 160 Å². The molecule has 1 aromatic carbocycles. The number of guanidine groups is 1. The minimum Gasteiger partial charge on any atom is -0.492 e. The van der Waals surface area contributed by atoms with Crippen LogP contribution in [0.15, 0.2) is 29.3 Å². The third-order valence-electron chi connectivity index (χ3n) is 4.24. The second-order valence-electron chi connectivity index (χ2n) is 6.33. The number of hydrogen-bond donors (Lipinski definition) is 2. The summed E-state index contributed by atoms with van der Waals surface area (Å²) in [5, 5.41) is 11.8. The second-order valence-corrected chi connectivity index (χ2v) is 6.76. The van der Waals surface area contributed by atoms with Gasteiger partial charge in [0.1, 0.15) is 12.4 Å². The first-order valence-electron chi connectivity index (χ1n) is 8.75. The number of nitrogens with one attached hydrogen (secondary N) is 2. The third-order valence-corrected chi connectivity index (χ3v) is 4.47. The van der Waals surface area contributed by atoms with Crippen molar-refractivity contribution in [2.45, 2.75) is 33.2 Å². The van der Waals surface area contributed by atoms with E-state index in [9.17, 15) is 0 Å².